The summed E-state index contributed by atoms with van der Waals surface area (Å²) < 4.78 is 0. The van der Waals surface area contributed by atoms with Crippen LogP contribution < -0.4 is 5.32 Å². The maximum Gasteiger partial charge on any atom is 0.265 e. The SMILES string of the molecule is CCCc1sc(C(=O)Nc2ccccc2C)cc1CC. The van der Waals surface area contributed by atoms with E-state index in [4.69, 9.17) is 0 Å². The van der Waals surface area contributed by atoms with Crippen LogP contribution in [0, 0.1) is 6.92 Å². The molecular weight excluding hydrogens is 266 g/mol. The highest BCUT2D eigenvalue weighted by Gasteiger charge is 2.14. The van der Waals surface area contributed by atoms with Crippen molar-refractivity contribution in [2.24, 2.45) is 0 Å². The molecule has 0 fully saturated rings. The fourth-order valence-electron chi connectivity index (χ4n) is 2.21. The maximum absolute atomic E-state index is 12.4. The molecule has 0 bridgehead atoms. The highest BCUT2D eigenvalue weighted by molar-refractivity contribution is 7.14. The molecule has 0 unspecified atom stereocenters. The topological polar surface area (TPSA) is 29.1 Å². The molecule has 2 rings (SSSR count). The van der Waals surface area contributed by atoms with Gasteiger partial charge >= 0.3 is 0 Å². The second kappa shape index (κ2) is 6.71. The Balaban J connectivity index is 2.19. The van der Waals surface area contributed by atoms with Crippen LogP contribution in [-0.2, 0) is 12.8 Å². The molecule has 0 aliphatic carbocycles. The molecule has 0 radical (unpaired) electrons. The van der Waals surface area contributed by atoms with Gasteiger partial charge in [0.05, 0.1) is 4.88 Å². The van der Waals surface area contributed by atoms with Gasteiger partial charge < -0.3 is 5.32 Å². The predicted octanol–water partition coefficient (Wildman–Crippen LogP) is 4.82. The average molecular weight is 287 g/mol. The quantitative estimate of drug-likeness (QED) is 0.839. The number of aryl methyl sites for hydroxylation is 3. The highest BCUT2D eigenvalue weighted by Crippen LogP contribution is 2.26. The number of nitrogens with one attached hydrogen (secondary N) is 1. The molecule has 0 atom stereocenters. The zero-order valence-corrected chi connectivity index (χ0v) is 13.1. The molecule has 2 nitrogen and oxygen atoms in total. The predicted molar refractivity (Wildman–Crippen MR) is 86.8 cm³/mol. The molecule has 1 aromatic heterocycles. The number of para-hydroxylation sites is 1. The van der Waals surface area contributed by atoms with Crippen LogP contribution in [-0.4, -0.2) is 5.91 Å². The van der Waals surface area contributed by atoms with Gasteiger partial charge in [0.25, 0.3) is 5.91 Å². The molecule has 0 spiro atoms. The summed E-state index contributed by atoms with van der Waals surface area (Å²) in [5.41, 5.74) is 3.29. The second-order valence-electron chi connectivity index (χ2n) is 4.93. The summed E-state index contributed by atoms with van der Waals surface area (Å²) in [4.78, 5) is 14.5. The van der Waals surface area contributed by atoms with E-state index in [0.717, 1.165) is 35.4 Å². The van der Waals surface area contributed by atoms with Crippen molar-refractivity contribution in [3.8, 4) is 0 Å². The van der Waals surface area contributed by atoms with Crippen LogP contribution in [0.3, 0.4) is 0 Å². The summed E-state index contributed by atoms with van der Waals surface area (Å²) in [5.74, 6) is 0.00125. The molecule has 20 heavy (non-hydrogen) atoms. The molecular formula is C17H21NOS. The first-order chi connectivity index (χ1) is 9.65. The van der Waals surface area contributed by atoms with Gasteiger partial charge in [-0.25, -0.2) is 0 Å². The summed E-state index contributed by atoms with van der Waals surface area (Å²) in [5, 5.41) is 3.00. The van der Waals surface area contributed by atoms with Gasteiger partial charge in [-0.2, -0.15) is 0 Å². The lowest BCUT2D eigenvalue weighted by Gasteiger charge is -2.06. The Morgan fingerprint density at radius 1 is 1.25 bits per heavy atom. The number of benzene rings is 1. The van der Waals surface area contributed by atoms with E-state index in [0.29, 0.717) is 0 Å². The molecule has 0 saturated heterocycles. The maximum atomic E-state index is 12.4. The Bertz CT molecular complexity index is 601. The van der Waals surface area contributed by atoms with Crippen LogP contribution in [0.1, 0.15) is 45.9 Å². The molecule has 0 aliphatic rings. The van der Waals surface area contributed by atoms with Gasteiger partial charge in [-0.05, 0) is 43.0 Å². The van der Waals surface area contributed by atoms with Gasteiger partial charge in [-0.15, -0.1) is 11.3 Å². The molecule has 0 aliphatic heterocycles. The second-order valence-corrected chi connectivity index (χ2v) is 6.07. The summed E-state index contributed by atoms with van der Waals surface area (Å²) >= 11 is 1.63. The summed E-state index contributed by atoms with van der Waals surface area (Å²) in [6.07, 6.45) is 3.17. The minimum Gasteiger partial charge on any atom is -0.321 e. The van der Waals surface area contributed by atoms with E-state index in [1.807, 2.05) is 37.3 Å². The van der Waals surface area contributed by atoms with Crippen LogP contribution in [0.15, 0.2) is 30.3 Å². The lowest BCUT2D eigenvalue weighted by molar-refractivity contribution is 0.103. The van der Waals surface area contributed by atoms with Crippen molar-refractivity contribution in [3.63, 3.8) is 0 Å². The van der Waals surface area contributed by atoms with Crippen molar-refractivity contribution < 1.29 is 4.79 Å². The van der Waals surface area contributed by atoms with Gasteiger partial charge in [0.1, 0.15) is 0 Å². The molecule has 0 saturated carbocycles. The summed E-state index contributed by atoms with van der Waals surface area (Å²) in [6.45, 7) is 6.32. The first-order valence-corrected chi connectivity index (χ1v) is 7.95. The van der Waals surface area contributed by atoms with E-state index in [2.05, 4.69) is 19.2 Å². The van der Waals surface area contributed by atoms with Crippen LogP contribution in [0.25, 0.3) is 0 Å². The number of thiophene rings is 1. The van der Waals surface area contributed by atoms with E-state index in [-0.39, 0.29) is 5.91 Å². The molecule has 1 aromatic carbocycles. The third-order valence-electron chi connectivity index (χ3n) is 3.37. The Kier molecular flexibility index (Phi) is 4.96. The van der Waals surface area contributed by atoms with E-state index >= 15 is 0 Å². The molecule has 3 heteroatoms. The first kappa shape index (κ1) is 14.8. The fourth-order valence-corrected chi connectivity index (χ4v) is 3.46. The van der Waals surface area contributed by atoms with Gasteiger partial charge in [0.2, 0.25) is 0 Å². The van der Waals surface area contributed by atoms with Crippen LogP contribution in [0.4, 0.5) is 5.69 Å². The lowest BCUT2D eigenvalue weighted by Crippen LogP contribution is -2.11. The summed E-state index contributed by atoms with van der Waals surface area (Å²) in [7, 11) is 0. The zero-order valence-electron chi connectivity index (χ0n) is 12.3. The number of anilines is 1. The minimum atomic E-state index is 0.00125. The number of amides is 1. The van der Waals surface area contributed by atoms with Crippen LogP contribution in [0.5, 0.6) is 0 Å². The lowest BCUT2D eigenvalue weighted by atomic mass is 10.1. The number of hydrogen-bond acceptors (Lipinski definition) is 2. The third-order valence-corrected chi connectivity index (χ3v) is 4.61. The standard InChI is InChI=1S/C17H21NOS/c1-4-8-15-13(5-2)11-16(20-15)17(19)18-14-10-7-6-9-12(14)3/h6-7,9-11H,4-5,8H2,1-3H3,(H,18,19). The zero-order chi connectivity index (χ0) is 14.5. The number of carbonyl (C=O) groups excluding carboxylic acids is 1. The van der Waals surface area contributed by atoms with Crippen molar-refractivity contribution in [2.75, 3.05) is 5.32 Å². The largest absolute Gasteiger partial charge is 0.321 e. The fraction of sp³-hybridized carbons (Fsp3) is 0.353. The molecule has 1 amide bonds. The number of carbonyl (C=O) groups is 1. The molecule has 1 N–H and O–H groups in total. The highest BCUT2D eigenvalue weighted by atomic mass is 32.1. The van der Waals surface area contributed by atoms with Crippen molar-refractivity contribution in [3.05, 3.63) is 51.2 Å². The van der Waals surface area contributed by atoms with E-state index in [1.54, 1.807) is 11.3 Å². The Labute approximate surface area is 124 Å². The summed E-state index contributed by atoms with van der Waals surface area (Å²) in [6, 6.07) is 9.91. The Morgan fingerprint density at radius 2 is 2.00 bits per heavy atom. The van der Waals surface area contributed by atoms with Gasteiger partial charge in [-0.3, -0.25) is 4.79 Å². The van der Waals surface area contributed by atoms with Gasteiger partial charge in [0, 0.05) is 10.6 Å². The monoisotopic (exact) mass is 287 g/mol. The minimum absolute atomic E-state index is 0.00125. The molecule has 1 heterocycles. The van der Waals surface area contributed by atoms with Crippen molar-refractivity contribution in [1.82, 2.24) is 0 Å². The number of rotatable bonds is 5. The average Bonchev–Trinajstić information content (AvgIpc) is 2.85. The first-order valence-electron chi connectivity index (χ1n) is 7.14. The van der Waals surface area contributed by atoms with E-state index in [9.17, 15) is 4.79 Å². The Hall–Kier alpha value is -1.61. The van der Waals surface area contributed by atoms with Crippen LogP contribution >= 0.6 is 11.3 Å². The molecule has 106 valence electrons. The van der Waals surface area contributed by atoms with E-state index in [1.165, 1.54) is 10.4 Å². The smallest absolute Gasteiger partial charge is 0.265 e. The Morgan fingerprint density at radius 3 is 2.65 bits per heavy atom. The van der Waals surface area contributed by atoms with Gasteiger partial charge in [0.15, 0.2) is 0 Å². The van der Waals surface area contributed by atoms with Crippen molar-refractivity contribution in [2.45, 2.75) is 40.0 Å². The van der Waals surface area contributed by atoms with Crippen molar-refractivity contribution in [1.29, 1.82) is 0 Å². The normalized spacial score (nSPS) is 10.6. The third kappa shape index (κ3) is 3.28. The molecule has 2 aromatic rings. The number of hydrogen-bond donors (Lipinski definition) is 1. The van der Waals surface area contributed by atoms with Gasteiger partial charge in [-0.1, -0.05) is 38.5 Å². The van der Waals surface area contributed by atoms with Crippen LogP contribution in [0.2, 0.25) is 0 Å². The van der Waals surface area contributed by atoms with E-state index < -0.39 is 0 Å². The van der Waals surface area contributed by atoms with Crippen molar-refractivity contribution >= 4 is 22.9 Å².